The van der Waals surface area contributed by atoms with Crippen molar-refractivity contribution in [3.63, 3.8) is 0 Å². The average molecular weight is 289 g/mol. The van der Waals surface area contributed by atoms with Gasteiger partial charge in [0.15, 0.2) is 0 Å². The van der Waals surface area contributed by atoms with Crippen molar-refractivity contribution in [1.82, 2.24) is 10.2 Å². The van der Waals surface area contributed by atoms with E-state index in [4.69, 9.17) is 4.74 Å². The molecular weight excluding hydrogens is 270 g/mol. The van der Waals surface area contributed by atoms with Gasteiger partial charge in [-0.3, -0.25) is 4.79 Å². The quantitative estimate of drug-likeness (QED) is 0.659. The number of alkyl carbamates (subject to hydrolysis) is 1. The molecule has 1 aromatic carbocycles. The molecule has 0 saturated heterocycles. The first-order chi connectivity index (χ1) is 10.0. The van der Waals surface area contributed by atoms with Gasteiger partial charge in [0, 0.05) is 14.1 Å². The van der Waals surface area contributed by atoms with E-state index >= 15 is 0 Å². The van der Waals surface area contributed by atoms with E-state index in [0.717, 1.165) is 5.56 Å². The van der Waals surface area contributed by atoms with Gasteiger partial charge in [-0.25, -0.2) is 9.79 Å². The minimum atomic E-state index is -0.875. The van der Waals surface area contributed by atoms with E-state index in [1.54, 1.807) is 19.0 Å². The Morgan fingerprint density at radius 3 is 2.57 bits per heavy atom. The van der Waals surface area contributed by atoms with Gasteiger partial charge in [-0.1, -0.05) is 30.3 Å². The molecule has 21 heavy (non-hydrogen) atoms. The van der Waals surface area contributed by atoms with Gasteiger partial charge in [-0.15, -0.1) is 0 Å². The maximum atomic E-state index is 11.9. The zero-order valence-electron chi connectivity index (χ0n) is 12.2. The summed E-state index contributed by atoms with van der Waals surface area (Å²) in [5.41, 5.74) is 0.0229. The monoisotopic (exact) mass is 289 g/mol. The van der Waals surface area contributed by atoms with E-state index in [-0.39, 0.29) is 12.5 Å². The van der Waals surface area contributed by atoms with E-state index in [1.807, 2.05) is 30.3 Å². The second-order valence-electron chi connectivity index (χ2n) is 5.28. The fraction of sp³-hybridized carbons (Fsp3) is 0.400. The molecule has 0 aromatic heterocycles. The van der Waals surface area contributed by atoms with Crippen LogP contribution in [0.1, 0.15) is 18.4 Å². The number of aliphatic imine (C=N–C) groups is 1. The van der Waals surface area contributed by atoms with E-state index in [2.05, 4.69) is 10.3 Å². The molecule has 2 amide bonds. The lowest BCUT2D eigenvalue weighted by Gasteiger charge is -2.14. The molecule has 0 bridgehead atoms. The maximum Gasteiger partial charge on any atom is 0.408 e. The molecule has 0 atom stereocenters. The predicted octanol–water partition coefficient (Wildman–Crippen LogP) is 1.56. The highest BCUT2D eigenvalue weighted by molar-refractivity contribution is 5.96. The molecule has 0 heterocycles. The minimum Gasteiger partial charge on any atom is -0.445 e. The molecule has 1 fully saturated rings. The van der Waals surface area contributed by atoms with Crippen molar-refractivity contribution < 1.29 is 14.3 Å². The Bertz CT molecular complexity index is 536. The second kappa shape index (κ2) is 6.39. The van der Waals surface area contributed by atoms with Gasteiger partial charge < -0.3 is 15.0 Å². The molecule has 1 aliphatic rings. The zero-order valence-corrected chi connectivity index (χ0v) is 12.2. The molecule has 0 aliphatic heterocycles. The highest BCUT2D eigenvalue weighted by Crippen LogP contribution is 2.36. The first kappa shape index (κ1) is 15.0. The Morgan fingerprint density at radius 1 is 1.33 bits per heavy atom. The minimum absolute atomic E-state index is 0.178. The molecule has 0 radical (unpaired) electrons. The van der Waals surface area contributed by atoms with Gasteiger partial charge >= 0.3 is 6.09 Å². The molecule has 1 saturated carbocycles. The molecule has 1 aliphatic carbocycles. The number of carbonyl (C=O) groups is 2. The van der Waals surface area contributed by atoms with E-state index in [1.165, 1.54) is 6.34 Å². The molecule has 6 heteroatoms. The lowest BCUT2D eigenvalue weighted by Crippen LogP contribution is -2.42. The van der Waals surface area contributed by atoms with Crippen LogP contribution in [0.15, 0.2) is 35.3 Å². The second-order valence-corrected chi connectivity index (χ2v) is 5.28. The van der Waals surface area contributed by atoms with Crippen molar-refractivity contribution in [3.05, 3.63) is 35.9 Å². The van der Waals surface area contributed by atoms with Crippen molar-refractivity contribution in [2.45, 2.75) is 25.0 Å². The van der Waals surface area contributed by atoms with Gasteiger partial charge in [0.05, 0.1) is 6.34 Å². The summed E-state index contributed by atoms with van der Waals surface area (Å²) in [6.45, 7) is 0.178. The van der Waals surface area contributed by atoms with Crippen molar-refractivity contribution >= 4 is 18.3 Å². The third-order valence-electron chi connectivity index (χ3n) is 3.12. The molecule has 112 valence electrons. The molecule has 6 nitrogen and oxygen atoms in total. The lowest BCUT2D eigenvalue weighted by molar-refractivity contribution is -0.120. The Kier molecular flexibility index (Phi) is 4.57. The number of amides is 2. The molecule has 0 spiro atoms. The van der Waals surface area contributed by atoms with Gasteiger partial charge in [0.1, 0.15) is 12.1 Å². The molecule has 1 aromatic rings. The van der Waals surface area contributed by atoms with Crippen molar-refractivity contribution in [3.8, 4) is 0 Å². The van der Waals surface area contributed by atoms with Crippen LogP contribution in [0, 0.1) is 0 Å². The summed E-state index contributed by atoms with van der Waals surface area (Å²) in [5.74, 6) is -0.340. The first-order valence-corrected chi connectivity index (χ1v) is 6.76. The number of carbonyl (C=O) groups excluding carboxylic acids is 2. The van der Waals surface area contributed by atoms with Crippen LogP contribution in [0.5, 0.6) is 0 Å². The third-order valence-corrected chi connectivity index (χ3v) is 3.12. The van der Waals surface area contributed by atoms with Crippen molar-refractivity contribution in [2.75, 3.05) is 14.1 Å². The molecule has 0 unspecified atom stereocenters. The average Bonchev–Trinajstić information content (AvgIpc) is 3.24. The number of nitrogens with zero attached hydrogens (tertiary/aromatic N) is 2. The topological polar surface area (TPSA) is 71.0 Å². The van der Waals surface area contributed by atoms with E-state index in [9.17, 15) is 9.59 Å². The smallest absolute Gasteiger partial charge is 0.408 e. The highest BCUT2D eigenvalue weighted by Gasteiger charge is 2.51. The zero-order chi connectivity index (χ0) is 15.3. The van der Waals surface area contributed by atoms with Crippen LogP contribution in [0.25, 0.3) is 0 Å². The molecule has 2 rings (SSSR count). The summed E-state index contributed by atoms with van der Waals surface area (Å²) in [5, 5.41) is 2.62. The Labute approximate surface area is 123 Å². The predicted molar refractivity (Wildman–Crippen MR) is 78.9 cm³/mol. The van der Waals surface area contributed by atoms with Gasteiger partial charge in [-0.2, -0.15) is 0 Å². The Morgan fingerprint density at radius 2 is 2.00 bits per heavy atom. The molecule has 1 N–H and O–H groups in total. The summed E-state index contributed by atoms with van der Waals surface area (Å²) in [4.78, 5) is 29.2. The number of benzene rings is 1. The third kappa shape index (κ3) is 4.30. The normalized spacial score (nSPS) is 15.5. The van der Waals surface area contributed by atoms with E-state index in [0.29, 0.717) is 12.8 Å². The Hall–Kier alpha value is -2.37. The maximum absolute atomic E-state index is 11.9. The van der Waals surface area contributed by atoms with Crippen LogP contribution < -0.4 is 5.32 Å². The SMILES string of the molecule is CN(C)C=NC(=O)C1(NC(=O)OCc2ccccc2)CC1. The number of hydrogen-bond acceptors (Lipinski definition) is 3. The highest BCUT2D eigenvalue weighted by atomic mass is 16.5. The first-order valence-electron chi connectivity index (χ1n) is 6.76. The summed E-state index contributed by atoms with van der Waals surface area (Å²) in [7, 11) is 3.55. The van der Waals surface area contributed by atoms with Crippen LogP contribution in [-0.4, -0.2) is 42.9 Å². The van der Waals surface area contributed by atoms with Gasteiger partial charge in [-0.05, 0) is 18.4 Å². The fourth-order valence-corrected chi connectivity index (χ4v) is 1.76. The summed E-state index contributed by atoms with van der Waals surface area (Å²) >= 11 is 0. The summed E-state index contributed by atoms with van der Waals surface area (Å²) in [6.07, 6.45) is 2.03. The van der Waals surface area contributed by atoms with Crippen LogP contribution in [0.3, 0.4) is 0 Å². The van der Waals surface area contributed by atoms with Crippen LogP contribution in [0.2, 0.25) is 0 Å². The van der Waals surface area contributed by atoms with Gasteiger partial charge in [0.2, 0.25) is 0 Å². The van der Waals surface area contributed by atoms with Crippen molar-refractivity contribution in [2.24, 2.45) is 4.99 Å². The number of hydrogen-bond donors (Lipinski definition) is 1. The largest absolute Gasteiger partial charge is 0.445 e. The van der Waals surface area contributed by atoms with E-state index < -0.39 is 11.6 Å². The number of rotatable bonds is 5. The summed E-state index contributed by atoms with van der Waals surface area (Å²) in [6, 6.07) is 9.38. The van der Waals surface area contributed by atoms with Crippen LogP contribution >= 0.6 is 0 Å². The Balaban J connectivity index is 1.83. The number of ether oxygens (including phenoxy) is 1. The summed E-state index contributed by atoms with van der Waals surface area (Å²) < 4.78 is 5.12. The fourth-order valence-electron chi connectivity index (χ4n) is 1.76. The lowest BCUT2D eigenvalue weighted by atomic mass is 10.2. The van der Waals surface area contributed by atoms with Crippen molar-refractivity contribution in [1.29, 1.82) is 0 Å². The van der Waals surface area contributed by atoms with Gasteiger partial charge in [0.25, 0.3) is 5.91 Å². The number of nitrogens with one attached hydrogen (secondary N) is 1. The standard InChI is InChI=1S/C15H19N3O3/c1-18(2)11-16-13(19)15(8-9-15)17-14(20)21-10-12-6-4-3-5-7-12/h3-7,11H,8-10H2,1-2H3,(H,17,20). The van der Waals surface area contributed by atoms with Crippen LogP contribution in [0.4, 0.5) is 4.79 Å². The van der Waals surface area contributed by atoms with Crippen LogP contribution in [-0.2, 0) is 16.1 Å². The molecular formula is C15H19N3O3.